The second-order valence-corrected chi connectivity index (χ2v) is 13.9. The van der Waals surface area contributed by atoms with Crippen molar-refractivity contribution < 1.29 is 38.3 Å². The van der Waals surface area contributed by atoms with E-state index in [-0.39, 0.29) is 48.6 Å². The largest absolute Gasteiger partial charge is 0.389 e. The van der Waals surface area contributed by atoms with E-state index < -0.39 is 60.3 Å². The van der Waals surface area contributed by atoms with E-state index in [9.17, 15) is 19.2 Å². The van der Waals surface area contributed by atoms with Gasteiger partial charge in [-0.1, -0.05) is 57.8 Å². The fourth-order valence-electron chi connectivity index (χ4n) is 9.20. The summed E-state index contributed by atoms with van der Waals surface area (Å²) in [5.74, 6) is -4.86. The SMILES string of the molecule is O=C1[C@@H]2[C@@H]3O[C@@H]([C@H]4C(c5ccc(Cl)cc5)=NO[C@@H]34)[C@@H]2C(=O)N1CCN1C(=O)[C@@H]2[C@@H]3O[C@@H]([C@H]4C(c5ccc(Cl)cc5)=NO[C@@H]34)[C@@H]2C1=O. The number of carbonyl (C=O) groups is 4. The van der Waals surface area contributed by atoms with E-state index in [4.69, 9.17) is 42.4 Å². The Labute approximate surface area is 271 Å². The maximum Gasteiger partial charge on any atom is 0.236 e. The van der Waals surface area contributed by atoms with E-state index in [1.165, 1.54) is 9.80 Å². The van der Waals surface area contributed by atoms with E-state index in [1.807, 2.05) is 24.3 Å². The molecule has 8 heterocycles. The quantitative estimate of drug-likeness (QED) is 0.443. The molecule has 4 bridgehead atoms. The van der Waals surface area contributed by atoms with Crippen molar-refractivity contribution in [2.45, 2.75) is 36.6 Å². The number of amides is 4. The molecular formula is C32H24Cl2N4O8. The summed E-state index contributed by atoms with van der Waals surface area (Å²) >= 11 is 12.1. The highest BCUT2D eigenvalue weighted by atomic mass is 35.5. The highest BCUT2D eigenvalue weighted by molar-refractivity contribution is 6.31. The predicted octanol–water partition coefficient (Wildman–Crippen LogP) is 1.90. The number of ether oxygens (including phenoxy) is 2. The smallest absolute Gasteiger partial charge is 0.236 e. The van der Waals surface area contributed by atoms with E-state index in [2.05, 4.69) is 10.3 Å². The van der Waals surface area contributed by atoms with Crippen LogP contribution in [0.2, 0.25) is 10.0 Å². The molecule has 6 saturated heterocycles. The van der Waals surface area contributed by atoms with Crippen molar-refractivity contribution in [1.29, 1.82) is 0 Å². The molecule has 8 aliphatic heterocycles. The first-order chi connectivity index (χ1) is 22.3. The summed E-state index contributed by atoms with van der Waals surface area (Å²) in [6.45, 7) is -0.182. The fraction of sp³-hybridized carbons (Fsp3) is 0.438. The summed E-state index contributed by atoms with van der Waals surface area (Å²) in [6, 6.07) is 14.4. The van der Waals surface area contributed by atoms with Crippen LogP contribution in [-0.2, 0) is 38.3 Å². The normalized spacial score (nSPS) is 40.7. The van der Waals surface area contributed by atoms with Gasteiger partial charge in [-0.3, -0.25) is 29.0 Å². The van der Waals surface area contributed by atoms with E-state index in [0.717, 1.165) is 11.1 Å². The van der Waals surface area contributed by atoms with Crippen LogP contribution >= 0.6 is 23.2 Å². The Morgan fingerprint density at radius 2 is 0.848 bits per heavy atom. The van der Waals surface area contributed by atoms with Crippen LogP contribution in [0.25, 0.3) is 0 Å². The van der Waals surface area contributed by atoms with Crippen LogP contribution in [0.4, 0.5) is 0 Å². The summed E-state index contributed by atoms with van der Waals surface area (Å²) in [6.07, 6.45) is -3.34. The van der Waals surface area contributed by atoms with Gasteiger partial charge in [0.05, 0.1) is 59.1 Å². The highest BCUT2D eigenvalue weighted by Gasteiger charge is 2.73. The zero-order valence-corrected chi connectivity index (χ0v) is 25.3. The van der Waals surface area contributed by atoms with Gasteiger partial charge in [0.15, 0.2) is 12.2 Å². The molecule has 8 aliphatic rings. The molecule has 2 aromatic rings. The molecule has 0 radical (unpaired) electrons. The second-order valence-electron chi connectivity index (χ2n) is 13.0. The monoisotopic (exact) mass is 662 g/mol. The molecule has 0 N–H and O–H groups in total. The topological polar surface area (TPSA) is 136 Å². The van der Waals surface area contributed by atoms with Crippen molar-refractivity contribution in [3.63, 3.8) is 0 Å². The van der Waals surface area contributed by atoms with Gasteiger partial charge in [-0.15, -0.1) is 0 Å². The summed E-state index contributed by atoms with van der Waals surface area (Å²) in [5.41, 5.74) is 2.96. The van der Waals surface area contributed by atoms with Crippen LogP contribution in [0, 0.1) is 35.5 Å². The van der Waals surface area contributed by atoms with Crippen molar-refractivity contribution in [1.82, 2.24) is 9.80 Å². The number of imide groups is 2. The van der Waals surface area contributed by atoms with Crippen molar-refractivity contribution in [3.05, 3.63) is 69.7 Å². The first kappa shape index (κ1) is 27.3. The van der Waals surface area contributed by atoms with E-state index in [0.29, 0.717) is 21.5 Å². The summed E-state index contributed by atoms with van der Waals surface area (Å²) in [5, 5.41) is 9.77. The number of hydrogen-bond donors (Lipinski definition) is 0. The number of oxime groups is 2. The standard InChI is InChI=1S/C32H24Cl2N4O8/c33-13-5-1-11(2-6-13)21-19-23-15-17(25(43-23)27(19)45-35-21)31(41)37(29(15)39)9-10-38-30(40)16-18(32(38)42)26-28-20(24(16)44-26)22(36-46-28)12-3-7-14(34)8-4-12/h1-8,15-20,23-28H,9-10H2/t15-,16-,17+,18+,19-,20-,23-,24-,25+,26+,27-,28-/m1/s1. The number of hydrogen-bond acceptors (Lipinski definition) is 10. The lowest BCUT2D eigenvalue weighted by molar-refractivity contribution is -0.148. The molecule has 14 heteroatoms. The Morgan fingerprint density at radius 3 is 1.22 bits per heavy atom. The third-order valence-corrected chi connectivity index (χ3v) is 11.6. The lowest BCUT2D eigenvalue weighted by Gasteiger charge is -2.26. The van der Waals surface area contributed by atoms with Gasteiger partial charge in [0.2, 0.25) is 23.6 Å². The van der Waals surface area contributed by atoms with Gasteiger partial charge in [0.1, 0.15) is 12.2 Å². The fourth-order valence-corrected chi connectivity index (χ4v) is 9.45. The lowest BCUT2D eigenvalue weighted by atomic mass is 9.71. The molecule has 0 aromatic heterocycles. The maximum absolute atomic E-state index is 13.7. The van der Waals surface area contributed by atoms with Gasteiger partial charge in [-0.25, -0.2) is 0 Å². The molecule has 12 nitrogen and oxygen atoms in total. The first-order valence-electron chi connectivity index (χ1n) is 15.3. The van der Waals surface area contributed by atoms with Crippen LogP contribution in [0.5, 0.6) is 0 Å². The Morgan fingerprint density at radius 1 is 0.500 bits per heavy atom. The van der Waals surface area contributed by atoms with Crippen LogP contribution < -0.4 is 0 Å². The molecule has 0 spiro atoms. The van der Waals surface area contributed by atoms with Gasteiger partial charge in [-0.05, 0) is 35.4 Å². The van der Waals surface area contributed by atoms with Crippen LogP contribution in [0.1, 0.15) is 11.1 Å². The number of halogens is 2. The lowest BCUT2D eigenvalue weighted by Crippen LogP contribution is -2.45. The van der Waals surface area contributed by atoms with Gasteiger partial charge in [0.25, 0.3) is 0 Å². The van der Waals surface area contributed by atoms with Gasteiger partial charge < -0.3 is 19.1 Å². The van der Waals surface area contributed by atoms with Crippen molar-refractivity contribution in [2.24, 2.45) is 45.8 Å². The number of carbonyl (C=O) groups excluding carboxylic acids is 4. The number of rotatable bonds is 5. The van der Waals surface area contributed by atoms with Crippen LogP contribution in [0.3, 0.4) is 0 Å². The molecular weight excluding hydrogens is 639 g/mol. The minimum Gasteiger partial charge on any atom is -0.389 e. The van der Waals surface area contributed by atoms with E-state index in [1.54, 1.807) is 24.3 Å². The molecule has 10 rings (SSSR count). The highest BCUT2D eigenvalue weighted by Crippen LogP contribution is 2.56. The molecule has 2 aromatic carbocycles. The molecule has 6 fully saturated rings. The van der Waals surface area contributed by atoms with Crippen molar-refractivity contribution in [2.75, 3.05) is 13.1 Å². The minimum atomic E-state index is -0.700. The van der Waals surface area contributed by atoms with Gasteiger partial charge in [-0.2, -0.15) is 0 Å². The van der Waals surface area contributed by atoms with Crippen molar-refractivity contribution >= 4 is 58.3 Å². The Kier molecular flexibility index (Phi) is 5.56. The third-order valence-electron chi connectivity index (χ3n) is 11.1. The molecule has 46 heavy (non-hydrogen) atoms. The number of fused-ring (bicyclic) bond motifs is 16. The number of benzene rings is 2. The Balaban J connectivity index is 0.853. The third kappa shape index (κ3) is 3.37. The molecule has 0 saturated carbocycles. The Bertz CT molecular complexity index is 1690. The zero-order chi connectivity index (χ0) is 31.2. The Hall–Kier alpha value is -3.84. The van der Waals surface area contributed by atoms with Crippen LogP contribution in [0.15, 0.2) is 58.8 Å². The number of likely N-dealkylation sites (tertiary alicyclic amines) is 2. The summed E-state index contributed by atoms with van der Waals surface area (Å²) in [4.78, 5) is 68.7. The molecule has 234 valence electrons. The average molecular weight is 663 g/mol. The maximum atomic E-state index is 13.7. The van der Waals surface area contributed by atoms with Gasteiger partial charge >= 0.3 is 0 Å². The molecule has 0 aliphatic carbocycles. The molecule has 0 unspecified atom stereocenters. The minimum absolute atomic E-state index is 0.0909. The predicted molar refractivity (Wildman–Crippen MR) is 157 cm³/mol. The molecule has 12 atom stereocenters. The average Bonchev–Trinajstić information content (AvgIpc) is 3.90. The van der Waals surface area contributed by atoms with Gasteiger partial charge in [0, 0.05) is 23.1 Å². The molecule has 4 amide bonds. The second kappa shape index (κ2) is 9.37. The zero-order valence-electron chi connectivity index (χ0n) is 23.8. The van der Waals surface area contributed by atoms with Crippen LogP contribution in [-0.4, -0.2) is 94.6 Å². The first-order valence-corrected chi connectivity index (χ1v) is 16.1. The number of nitrogens with zero attached hydrogens (tertiary/aromatic N) is 4. The van der Waals surface area contributed by atoms with E-state index >= 15 is 0 Å². The summed E-state index contributed by atoms with van der Waals surface area (Å²) in [7, 11) is 0. The van der Waals surface area contributed by atoms with Crippen molar-refractivity contribution in [3.8, 4) is 0 Å². The summed E-state index contributed by atoms with van der Waals surface area (Å²) < 4.78 is 12.4.